The van der Waals surface area contributed by atoms with E-state index < -0.39 is 0 Å². The highest BCUT2D eigenvalue weighted by atomic mass is 32.1. The van der Waals surface area contributed by atoms with Gasteiger partial charge in [0.25, 0.3) is 5.56 Å². The van der Waals surface area contributed by atoms with Crippen LogP contribution in [0.3, 0.4) is 0 Å². The SMILES string of the molecule is Cc1cc(/C=c2/sc3nc4ccccc4n3c2=O)c(C)n1-c1ccc(-c2ccccc2)cc1. The van der Waals surface area contributed by atoms with Crippen molar-refractivity contribution >= 4 is 33.4 Å². The Morgan fingerprint density at radius 1 is 0.848 bits per heavy atom. The first-order valence-corrected chi connectivity index (χ1v) is 11.7. The van der Waals surface area contributed by atoms with E-state index in [1.165, 1.54) is 22.5 Å². The number of aryl methyl sites for hydroxylation is 1. The number of imidazole rings is 1. The maximum atomic E-state index is 13.1. The van der Waals surface area contributed by atoms with E-state index >= 15 is 0 Å². The summed E-state index contributed by atoms with van der Waals surface area (Å²) in [4.78, 5) is 18.5. The molecule has 0 saturated carbocycles. The van der Waals surface area contributed by atoms with E-state index in [0.717, 1.165) is 38.6 Å². The lowest BCUT2D eigenvalue weighted by Gasteiger charge is -2.11. The monoisotopic (exact) mass is 447 g/mol. The molecule has 0 aliphatic heterocycles. The number of nitrogens with zero attached hydrogens (tertiary/aromatic N) is 3. The van der Waals surface area contributed by atoms with E-state index in [1.807, 2.05) is 36.4 Å². The zero-order valence-electron chi connectivity index (χ0n) is 18.3. The van der Waals surface area contributed by atoms with Crippen LogP contribution in [0.5, 0.6) is 0 Å². The average molecular weight is 448 g/mol. The lowest BCUT2D eigenvalue weighted by atomic mass is 10.1. The highest BCUT2D eigenvalue weighted by molar-refractivity contribution is 7.15. The minimum atomic E-state index is -0.0132. The van der Waals surface area contributed by atoms with E-state index in [0.29, 0.717) is 4.53 Å². The largest absolute Gasteiger partial charge is 0.318 e. The summed E-state index contributed by atoms with van der Waals surface area (Å²) in [7, 11) is 0. The molecule has 33 heavy (non-hydrogen) atoms. The lowest BCUT2D eigenvalue weighted by molar-refractivity contribution is 0.965. The molecule has 0 aliphatic carbocycles. The van der Waals surface area contributed by atoms with Gasteiger partial charge in [0.05, 0.1) is 15.6 Å². The third kappa shape index (κ3) is 3.20. The summed E-state index contributed by atoms with van der Waals surface area (Å²) in [5.41, 5.74) is 8.49. The molecule has 3 aromatic heterocycles. The van der Waals surface area contributed by atoms with Crippen molar-refractivity contribution in [1.29, 1.82) is 0 Å². The molecule has 0 unspecified atom stereocenters. The number of fused-ring (bicyclic) bond motifs is 3. The van der Waals surface area contributed by atoms with Crippen LogP contribution in [-0.4, -0.2) is 14.0 Å². The van der Waals surface area contributed by atoms with Crippen LogP contribution in [0, 0.1) is 13.8 Å². The van der Waals surface area contributed by atoms with Gasteiger partial charge in [-0.05, 0) is 66.9 Å². The Morgan fingerprint density at radius 3 is 2.33 bits per heavy atom. The topological polar surface area (TPSA) is 39.3 Å². The minimum Gasteiger partial charge on any atom is -0.318 e. The Hall–Kier alpha value is -3.96. The fourth-order valence-corrected chi connectivity index (χ4v) is 5.50. The van der Waals surface area contributed by atoms with E-state index in [-0.39, 0.29) is 5.56 Å². The predicted molar refractivity (Wildman–Crippen MR) is 136 cm³/mol. The Kier molecular flexibility index (Phi) is 4.52. The van der Waals surface area contributed by atoms with E-state index in [4.69, 9.17) is 0 Å². The van der Waals surface area contributed by atoms with Gasteiger partial charge in [-0.25, -0.2) is 9.38 Å². The van der Waals surface area contributed by atoms with Crippen molar-refractivity contribution in [3.8, 4) is 16.8 Å². The Morgan fingerprint density at radius 2 is 1.55 bits per heavy atom. The van der Waals surface area contributed by atoms with Gasteiger partial charge in [-0.3, -0.25) is 4.79 Å². The molecule has 0 fully saturated rings. The maximum Gasteiger partial charge on any atom is 0.274 e. The molecule has 0 N–H and O–H groups in total. The zero-order chi connectivity index (χ0) is 22.5. The normalized spacial score (nSPS) is 12.2. The van der Waals surface area contributed by atoms with Crippen LogP contribution in [0.25, 0.3) is 38.9 Å². The maximum absolute atomic E-state index is 13.1. The van der Waals surface area contributed by atoms with Crippen LogP contribution in [0.1, 0.15) is 17.0 Å². The minimum absolute atomic E-state index is 0.0132. The van der Waals surface area contributed by atoms with E-state index in [9.17, 15) is 4.79 Å². The highest BCUT2D eigenvalue weighted by Crippen LogP contribution is 2.25. The van der Waals surface area contributed by atoms with Gasteiger partial charge in [-0.15, -0.1) is 0 Å². The number of rotatable bonds is 3. The second kappa shape index (κ2) is 7.57. The number of thiazole rings is 1. The van der Waals surface area contributed by atoms with Crippen LogP contribution in [-0.2, 0) is 0 Å². The van der Waals surface area contributed by atoms with Gasteiger partial charge in [0.15, 0.2) is 4.96 Å². The molecular weight excluding hydrogens is 426 g/mol. The molecule has 5 heteroatoms. The van der Waals surface area contributed by atoms with E-state index in [2.05, 4.69) is 78.0 Å². The average Bonchev–Trinajstić information content (AvgIpc) is 3.45. The molecular formula is C28H21N3OS. The second-order valence-corrected chi connectivity index (χ2v) is 9.22. The van der Waals surface area contributed by atoms with Crippen molar-refractivity contribution in [2.24, 2.45) is 0 Å². The van der Waals surface area contributed by atoms with Crippen molar-refractivity contribution in [2.45, 2.75) is 13.8 Å². The van der Waals surface area contributed by atoms with Crippen molar-refractivity contribution in [3.05, 3.63) is 117 Å². The van der Waals surface area contributed by atoms with Crippen molar-refractivity contribution in [1.82, 2.24) is 14.0 Å². The number of aromatic nitrogens is 3. The van der Waals surface area contributed by atoms with Crippen LogP contribution >= 0.6 is 11.3 Å². The van der Waals surface area contributed by atoms with Crippen LogP contribution in [0.2, 0.25) is 0 Å². The van der Waals surface area contributed by atoms with Gasteiger partial charge in [-0.1, -0.05) is 65.9 Å². The van der Waals surface area contributed by atoms with Crippen molar-refractivity contribution in [3.63, 3.8) is 0 Å². The molecule has 4 nitrogen and oxygen atoms in total. The first-order valence-electron chi connectivity index (χ1n) is 10.9. The molecule has 0 aliphatic rings. The summed E-state index contributed by atoms with van der Waals surface area (Å²) in [5, 5.41) is 0. The third-order valence-electron chi connectivity index (χ3n) is 6.13. The molecule has 0 spiro atoms. The summed E-state index contributed by atoms with van der Waals surface area (Å²) in [5.74, 6) is 0. The van der Waals surface area contributed by atoms with Gasteiger partial charge >= 0.3 is 0 Å². The molecule has 3 heterocycles. The van der Waals surface area contributed by atoms with Gasteiger partial charge in [0, 0.05) is 17.1 Å². The fourth-order valence-electron chi connectivity index (χ4n) is 4.52. The summed E-state index contributed by atoms with van der Waals surface area (Å²) >= 11 is 1.44. The second-order valence-electron chi connectivity index (χ2n) is 8.21. The molecule has 0 atom stereocenters. The number of benzene rings is 3. The Balaban J connectivity index is 1.43. The molecule has 6 aromatic rings. The first-order chi connectivity index (χ1) is 16.1. The van der Waals surface area contributed by atoms with Crippen molar-refractivity contribution < 1.29 is 0 Å². The van der Waals surface area contributed by atoms with Crippen LogP contribution < -0.4 is 10.1 Å². The standard InChI is InChI=1S/C28H21N3OS/c1-18-16-22(17-26-27(32)31-25-11-7-6-10-24(25)29-28(31)33-26)19(2)30(18)23-14-12-21(13-15-23)20-8-4-3-5-9-20/h3-17H,1-2H3/b26-17+. The van der Waals surface area contributed by atoms with Gasteiger partial charge in [0.1, 0.15) is 0 Å². The molecule has 6 rings (SSSR count). The molecule has 160 valence electrons. The van der Waals surface area contributed by atoms with Crippen molar-refractivity contribution in [2.75, 3.05) is 0 Å². The summed E-state index contributed by atoms with van der Waals surface area (Å²) in [6, 6.07) is 28.9. The quantitative estimate of drug-likeness (QED) is 0.358. The molecule has 0 amide bonds. The van der Waals surface area contributed by atoms with Gasteiger partial charge in [-0.2, -0.15) is 0 Å². The smallest absolute Gasteiger partial charge is 0.274 e. The summed E-state index contributed by atoms with van der Waals surface area (Å²) in [6.07, 6.45) is 1.99. The van der Waals surface area contributed by atoms with Gasteiger partial charge in [0.2, 0.25) is 0 Å². The fraction of sp³-hybridized carbons (Fsp3) is 0.0714. The molecule has 0 bridgehead atoms. The summed E-state index contributed by atoms with van der Waals surface area (Å²) in [6.45, 7) is 4.20. The molecule has 3 aromatic carbocycles. The zero-order valence-corrected chi connectivity index (χ0v) is 19.1. The predicted octanol–water partition coefficient (Wildman–Crippen LogP) is 5.53. The van der Waals surface area contributed by atoms with Crippen LogP contribution in [0.4, 0.5) is 0 Å². The summed E-state index contributed by atoms with van der Waals surface area (Å²) < 4.78 is 4.65. The number of para-hydroxylation sites is 2. The number of hydrogen-bond acceptors (Lipinski definition) is 3. The third-order valence-corrected chi connectivity index (χ3v) is 7.10. The molecule has 0 saturated heterocycles. The van der Waals surface area contributed by atoms with E-state index in [1.54, 1.807) is 4.40 Å². The van der Waals surface area contributed by atoms with Crippen LogP contribution in [0.15, 0.2) is 89.7 Å². The lowest BCUT2D eigenvalue weighted by Crippen LogP contribution is -2.22. The Bertz CT molecular complexity index is 1740. The number of hydrogen-bond donors (Lipinski definition) is 0. The van der Waals surface area contributed by atoms with Gasteiger partial charge < -0.3 is 4.57 Å². The highest BCUT2D eigenvalue weighted by Gasteiger charge is 2.13. The first kappa shape index (κ1) is 19.7. The molecule has 0 radical (unpaired) electrons. The Labute approximate surface area is 194 Å².